The van der Waals surface area contributed by atoms with Crippen molar-refractivity contribution in [2.24, 2.45) is 0 Å². The molecule has 0 unspecified atom stereocenters. The summed E-state index contributed by atoms with van der Waals surface area (Å²) in [6.07, 6.45) is 1.57. The normalized spacial score (nSPS) is 15.1. The quantitative estimate of drug-likeness (QED) is 0.834. The van der Waals surface area contributed by atoms with Crippen molar-refractivity contribution in [3.63, 3.8) is 0 Å². The molecule has 1 aromatic heterocycles. The van der Waals surface area contributed by atoms with Gasteiger partial charge in [-0.25, -0.2) is 0 Å². The second-order valence-corrected chi connectivity index (χ2v) is 6.41. The van der Waals surface area contributed by atoms with Crippen molar-refractivity contribution in [1.82, 2.24) is 5.32 Å². The van der Waals surface area contributed by atoms with Crippen LogP contribution >= 0.6 is 11.3 Å². The minimum absolute atomic E-state index is 0.223. The predicted octanol–water partition coefficient (Wildman–Crippen LogP) is 2.64. The SMILES string of the molecule is O=C(COC(=O)C1(c2ccccc2)CC1)NCc1cccs1. The molecule has 1 aromatic carbocycles. The number of ether oxygens (including phenoxy) is 1. The van der Waals surface area contributed by atoms with Crippen molar-refractivity contribution in [3.8, 4) is 0 Å². The van der Waals surface area contributed by atoms with E-state index in [0.29, 0.717) is 6.54 Å². The summed E-state index contributed by atoms with van der Waals surface area (Å²) >= 11 is 1.58. The minimum atomic E-state index is -0.532. The number of hydrogen-bond acceptors (Lipinski definition) is 4. The van der Waals surface area contributed by atoms with Crippen LogP contribution in [0, 0.1) is 0 Å². The van der Waals surface area contributed by atoms with Crippen molar-refractivity contribution < 1.29 is 14.3 Å². The molecule has 0 aliphatic heterocycles. The van der Waals surface area contributed by atoms with Crippen molar-refractivity contribution in [2.45, 2.75) is 24.8 Å². The topological polar surface area (TPSA) is 55.4 Å². The van der Waals surface area contributed by atoms with Gasteiger partial charge in [0.1, 0.15) is 0 Å². The Hall–Kier alpha value is -2.14. The van der Waals surface area contributed by atoms with Gasteiger partial charge in [-0.3, -0.25) is 9.59 Å². The number of rotatable bonds is 6. The molecule has 0 atom stereocenters. The van der Waals surface area contributed by atoms with Gasteiger partial charge in [0.05, 0.1) is 12.0 Å². The van der Waals surface area contributed by atoms with Gasteiger partial charge in [0.15, 0.2) is 6.61 Å². The van der Waals surface area contributed by atoms with Crippen molar-refractivity contribution >= 4 is 23.2 Å². The smallest absolute Gasteiger partial charge is 0.317 e. The van der Waals surface area contributed by atoms with Gasteiger partial charge in [-0.1, -0.05) is 36.4 Å². The first kappa shape index (κ1) is 14.8. The Balaban J connectivity index is 1.49. The molecule has 0 bridgehead atoms. The Bertz CT molecular complexity index is 648. The number of thiophene rings is 1. The third-order valence-corrected chi connectivity index (χ3v) is 4.72. The Morgan fingerprint density at radius 1 is 1.14 bits per heavy atom. The fourth-order valence-corrected chi connectivity index (χ4v) is 3.06. The molecule has 1 saturated carbocycles. The second-order valence-electron chi connectivity index (χ2n) is 5.38. The van der Waals surface area contributed by atoms with Gasteiger partial charge in [-0.05, 0) is 29.9 Å². The average molecular weight is 315 g/mol. The van der Waals surface area contributed by atoms with Gasteiger partial charge in [0, 0.05) is 4.88 Å². The molecule has 5 heteroatoms. The third kappa shape index (κ3) is 3.20. The van der Waals surface area contributed by atoms with E-state index in [0.717, 1.165) is 23.3 Å². The van der Waals surface area contributed by atoms with E-state index in [-0.39, 0.29) is 18.5 Å². The van der Waals surface area contributed by atoms with E-state index in [2.05, 4.69) is 5.32 Å². The van der Waals surface area contributed by atoms with Crippen molar-refractivity contribution in [3.05, 3.63) is 58.3 Å². The summed E-state index contributed by atoms with van der Waals surface area (Å²) < 4.78 is 5.21. The van der Waals surface area contributed by atoms with E-state index in [1.807, 2.05) is 47.8 Å². The number of amides is 1. The zero-order valence-electron chi connectivity index (χ0n) is 12.1. The number of esters is 1. The highest BCUT2D eigenvalue weighted by Crippen LogP contribution is 2.49. The summed E-state index contributed by atoms with van der Waals surface area (Å²) in [5.74, 6) is -0.574. The number of carbonyl (C=O) groups excluding carboxylic acids is 2. The van der Waals surface area contributed by atoms with E-state index in [1.165, 1.54) is 0 Å². The Morgan fingerprint density at radius 3 is 2.55 bits per heavy atom. The zero-order valence-corrected chi connectivity index (χ0v) is 12.9. The van der Waals surface area contributed by atoms with Gasteiger partial charge in [0.2, 0.25) is 0 Å². The lowest BCUT2D eigenvalue weighted by Gasteiger charge is -2.14. The maximum Gasteiger partial charge on any atom is 0.317 e. The molecule has 22 heavy (non-hydrogen) atoms. The highest BCUT2D eigenvalue weighted by molar-refractivity contribution is 7.09. The van der Waals surface area contributed by atoms with E-state index < -0.39 is 5.41 Å². The zero-order chi connectivity index (χ0) is 15.4. The molecule has 2 aromatic rings. The first-order valence-corrected chi connectivity index (χ1v) is 8.10. The number of nitrogens with one attached hydrogen (secondary N) is 1. The van der Waals surface area contributed by atoms with Crippen LogP contribution in [0.1, 0.15) is 23.3 Å². The highest BCUT2D eigenvalue weighted by Gasteiger charge is 2.52. The van der Waals surface area contributed by atoms with Crippen LogP contribution in [0.3, 0.4) is 0 Å². The summed E-state index contributed by atoms with van der Waals surface area (Å²) in [6.45, 7) is 0.247. The van der Waals surface area contributed by atoms with E-state index in [1.54, 1.807) is 11.3 Å². The molecule has 1 aliphatic rings. The lowest BCUT2D eigenvalue weighted by molar-refractivity contribution is -0.151. The highest BCUT2D eigenvalue weighted by atomic mass is 32.1. The Labute approximate surface area is 133 Å². The van der Waals surface area contributed by atoms with Crippen LogP contribution in [-0.2, 0) is 26.3 Å². The second kappa shape index (κ2) is 6.32. The van der Waals surface area contributed by atoms with Crippen LogP contribution in [0.15, 0.2) is 47.8 Å². The largest absolute Gasteiger partial charge is 0.455 e. The lowest BCUT2D eigenvalue weighted by atomic mass is 9.96. The molecule has 1 N–H and O–H groups in total. The summed E-state index contributed by atoms with van der Waals surface area (Å²) in [5.41, 5.74) is 0.439. The summed E-state index contributed by atoms with van der Waals surface area (Å²) in [4.78, 5) is 25.1. The fraction of sp³-hybridized carbons (Fsp3) is 0.294. The molecular weight excluding hydrogens is 298 g/mol. The number of benzene rings is 1. The summed E-state index contributed by atoms with van der Waals surface area (Å²) in [7, 11) is 0. The van der Waals surface area contributed by atoms with Gasteiger partial charge in [0.25, 0.3) is 5.91 Å². The molecule has 1 amide bonds. The van der Waals surface area contributed by atoms with E-state index >= 15 is 0 Å². The first-order chi connectivity index (χ1) is 10.7. The fourth-order valence-electron chi connectivity index (χ4n) is 2.41. The van der Waals surface area contributed by atoms with Crippen LogP contribution in [0.2, 0.25) is 0 Å². The number of carbonyl (C=O) groups is 2. The standard InChI is InChI=1S/C17H17NO3S/c19-15(18-11-14-7-4-10-22-14)12-21-16(20)17(8-9-17)13-5-2-1-3-6-13/h1-7,10H,8-9,11-12H2,(H,18,19). The molecule has 0 saturated heterocycles. The first-order valence-electron chi connectivity index (χ1n) is 7.22. The van der Waals surface area contributed by atoms with Gasteiger partial charge in [-0.15, -0.1) is 11.3 Å². The lowest BCUT2D eigenvalue weighted by Crippen LogP contribution is -2.31. The van der Waals surface area contributed by atoms with Crippen LogP contribution in [0.5, 0.6) is 0 Å². The molecular formula is C17H17NO3S. The Morgan fingerprint density at radius 2 is 1.91 bits per heavy atom. The molecule has 114 valence electrons. The van der Waals surface area contributed by atoms with Crippen LogP contribution < -0.4 is 5.32 Å². The summed E-state index contributed by atoms with van der Waals surface area (Å²) in [6, 6.07) is 13.5. The van der Waals surface area contributed by atoms with Gasteiger partial charge >= 0.3 is 5.97 Å². The molecule has 4 nitrogen and oxygen atoms in total. The molecule has 1 heterocycles. The average Bonchev–Trinajstić information content (AvgIpc) is 3.21. The van der Waals surface area contributed by atoms with E-state index in [4.69, 9.17) is 4.74 Å². The molecule has 0 radical (unpaired) electrons. The van der Waals surface area contributed by atoms with Crippen LogP contribution in [-0.4, -0.2) is 18.5 Å². The van der Waals surface area contributed by atoms with Crippen molar-refractivity contribution in [1.29, 1.82) is 0 Å². The predicted molar refractivity (Wildman–Crippen MR) is 84.5 cm³/mol. The molecule has 3 rings (SSSR count). The maximum atomic E-state index is 12.3. The third-order valence-electron chi connectivity index (χ3n) is 3.84. The van der Waals surface area contributed by atoms with E-state index in [9.17, 15) is 9.59 Å². The van der Waals surface area contributed by atoms with Crippen LogP contribution in [0.25, 0.3) is 0 Å². The molecule has 1 fully saturated rings. The Kier molecular flexibility index (Phi) is 4.24. The van der Waals surface area contributed by atoms with Gasteiger partial charge < -0.3 is 10.1 Å². The number of hydrogen-bond donors (Lipinski definition) is 1. The maximum absolute atomic E-state index is 12.3. The monoisotopic (exact) mass is 315 g/mol. The molecule has 1 aliphatic carbocycles. The van der Waals surface area contributed by atoms with Gasteiger partial charge in [-0.2, -0.15) is 0 Å². The summed E-state index contributed by atoms with van der Waals surface area (Å²) in [5, 5.41) is 4.70. The molecule has 0 spiro atoms. The van der Waals surface area contributed by atoms with Crippen LogP contribution in [0.4, 0.5) is 0 Å². The minimum Gasteiger partial charge on any atom is -0.455 e. The van der Waals surface area contributed by atoms with Crippen molar-refractivity contribution in [2.75, 3.05) is 6.61 Å².